The van der Waals surface area contributed by atoms with Crippen LogP contribution in [-0.4, -0.2) is 111 Å². The third kappa shape index (κ3) is 11.2. The average Bonchev–Trinajstić information content (AvgIpc) is 3.35. The number of nitrogens with two attached hydrogens (primary N) is 1. The number of hydrogen-bond acceptors (Lipinski definition) is 8. The van der Waals surface area contributed by atoms with E-state index in [0.29, 0.717) is 18.7 Å². The van der Waals surface area contributed by atoms with E-state index >= 15 is 0 Å². The van der Waals surface area contributed by atoms with Crippen LogP contribution in [0.15, 0.2) is 59.5 Å². The summed E-state index contributed by atoms with van der Waals surface area (Å²) in [6.07, 6.45) is -2.14. The molecule has 1 fully saturated rings. The molecule has 15 heteroatoms. The summed E-state index contributed by atoms with van der Waals surface area (Å²) in [7, 11) is -9.26. The van der Waals surface area contributed by atoms with Crippen molar-refractivity contribution in [3.8, 4) is 0 Å². The van der Waals surface area contributed by atoms with Crippen LogP contribution in [0.3, 0.4) is 0 Å². The molecule has 1 heterocycles. The summed E-state index contributed by atoms with van der Waals surface area (Å²) in [5, 5.41) is 2.65. The van der Waals surface area contributed by atoms with Crippen molar-refractivity contribution in [2.75, 3.05) is 32.0 Å². The molecule has 3 atom stereocenters. The number of nitrogen functional groups attached to an aromatic ring is 1. The molecule has 2 aromatic rings. The second kappa shape index (κ2) is 15.8. The standard InChI is InChI=1S/C25H36N3O9PS.Ca.2H/c1-18(2)15-28(39(33,34)22-10-8-20(26)9-11-22)16-24(37-38(30,31)32)23(14-19-6-4-3-5-7-19)27-25(29)36-21-12-13-35-17-21;;;/h3-11,18,21,23-24H,12-17,26H2,1-2H3,(H,27,29)(H2,30,31,32);;;/t21-,23+,24-;;;/m1.../s1. The van der Waals surface area contributed by atoms with E-state index in [0.717, 1.165) is 9.87 Å². The summed E-state index contributed by atoms with van der Waals surface area (Å²) in [5.74, 6) is -0.142. The topological polar surface area (TPSA) is 178 Å². The van der Waals surface area contributed by atoms with Crippen LogP contribution in [0.25, 0.3) is 0 Å². The Morgan fingerprint density at radius 3 is 2.35 bits per heavy atom. The van der Waals surface area contributed by atoms with Gasteiger partial charge in [-0.15, -0.1) is 0 Å². The van der Waals surface area contributed by atoms with Crippen molar-refractivity contribution in [3.05, 3.63) is 60.2 Å². The third-order valence-electron chi connectivity index (χ3n) is 5.96. The number of carbonyl (C=O) groups excluding carboxylic acids is 1. The van der Waals surface area contributed by atoms with Crippen LogP contribution in [0, 0.1) is 5.92 Å². The molecule has 0 aromatic heterocycles. The zero-order valence-electron chi connectivity index (χ0n) is 21.9. The van der Waals surface area contributed by atoms with Gasteiger partial charge in [0.2, 0.25) is 10.0 Å². The summed E-state index contributed by atoms with van der Waals surface area (Å²) < 4.78 is 56.2. The number of sulfonamides is 1. The molecule has 12 nitrogen and oxygen atoms in total. The van der Waals surface area contributed by atoms with Crippen molar-refractivity contribution in [2.24, 2.45) is 5.92 Å². The molecule has 0 saturated carbocycles. The van der Waals surface area contributed by atoms with E-state index in [1.54, 1.807) is 30.3 Å². The van der Waals surface area contributed by atoms with Crippen LogP contribution in [0.5, 0.6) is 0 Å². The van der Waals surface area contributed by atoms with Gasteiger partial charge in [-0.25, -0.2) is 17.8 Å². The van der Waals surface area contributed by atoms with Crippen LogP contribution in [0.4, 0.5) is 10.5 Å². The molecule has 0 radical (unpaired) electrons. The van der Waals surface area contributed by atoms with Gasteiger partial charge in [-0.05, 0) is 42.2 Å². The Kier molecular flexibility index (Phi) is 13.8. The van der Waals surface area contributed by atoms with Gasteiger partial charge in [0.25, 0.3) is 0 Å². The van der Waals surface area contributed by atoms with Gasteiger partial charge in [-0.2, -0.15) is 4.31 Å². The van der Waals surface area contributed by atoms with Gasteiger partial charge in [0.15, 0.2) is 0 Å². The molecular weight excluding hydrogens is 589 g/mol. The van der Waals surface area contributed by atoms with E-state index in [4.69, 9.17) is 19.7 Å². The zero-order valence-corrected chi connectivity index (χ0v) is 23.6. The number of benzene rings is 2. The van der Waals surface area contributed by atoms with Crippen molar-refractivity contribution in [1.82, 2.24) is 9.62 Å². The Morgan fingerprint density at radius 2 is 1.80 bits per heavy atom. The van der Waals surface area contributed by atoms with Crippen molar-refractivity contribution in [1.29, 1.82) is 0 Å². The van der Waals surface area contributed by atoms with Gasteiger partial charge < -0.3 is 30.3 Å². The maximum absolute atomic E-state index is 13.6. The molecule has 3 rings (SSSR count). The quantitative estimate of drug-likeness (QED) is 0.145. The number of phosphoric ester groups is 1. The number of anilines is 1. The van der Waals surface area contributed by atoms with Crippen molar-refractivity contribution >= 4 is 67.4 Å². The molecule has 220 valence electrons. The van der Waals surface area contributed by atoms with Crippen LogP contribution >= 0.6 is 7.82 Å². The van der Waals surface area contributed by atoms with E-state index in [1.165, 1.54) is 24.3 Å². The molecule has 5 N–H and O–H groups in total. The number of hydrogen-bond donors (Lipinski definition) is 4. The Labute approximate surface area is 264 Å². The number of rotatable bonds is 13. The normalized spacial score (nSPS) is 17.3. The summed E-state index contributed by atoms with van der Waals surface area (Å²) >= 11 is 0. The fourth-order valence-electron chi connectivity index (χ4n) is 4.16. The van der Waals surface area contributed by atoms with E-state index in [2.05, 4.69) is 5.32 Å². The first-order valence-corrected chi connectivity index (χ1v) is 15.5. The molecule has 0 spiro atoms. The van der Waals surface area contributed by atoms with Gasteiger partial charge in [0.1, 0.15) is 12.2 Å². The Bertz CT molecular complexity index is 1220. The van der Waals surface area contributed by atoms with Crippen molar-refractivity contribution < 1.29 is 41.6 Å². The van der Waals surface area contributed by atoms with Gasteiger partial charge in [-0.3, -0.25) is 4.52 Å². The number of carbonyl (C=O) groups is 1. The number of nitrogens with zero attached hydrogens (tertiary/aromatic N) is 1. The monoisotopic (exact) mass is 627 g/mol. The summed E-state index contributed by atoms with van der Waals surface area (Å²) in [5.41, 5.74) is 6.82. The van der Waals surface area contributed by atoms with Crippen LogP contribution in [0.2, 0.25) is 0 Å². The molecular formula is C25H38CaN3O9PS. The Balaban J connectivity index is 0.00000560. The first kappa shape index (κ1) is 34.9. The SMILES string of the molecule is CC(C)CN(C[C@@H](OP(=O)(O)O)[C@H](Cc1ccccc1)NC(=O)O[C@@H]1CCOC1)S(=O)(=O)c1ccc(N)cc1.[CaH2]. The first-order valence-electron chi connectivity index (χ1n) is 12.5. The van der Waals surface area contributed by atoms with Crippen LogP contribution in [0.1, 0.15) is 25.8 Å². The molecule has 40 heavy (non-hydrogen) atoms. The molecule has 0 bridgehead atoms. The van der Waals surface area contributed by atoms with Gasteiger partial charge in [0.05, 0.1) is 24.2 Å². The molecule has 0 aliphatic carbocycles. The second-order valence-corrected chi connectivity index (χ2v) is 12.9. The van der Waals surface area contributed by atoms with Crippen LogP contribution in [-0.2, 0) is 35.0 Å². The Morgan fingerprint density at radius 1 is 1.15 bits per heavy atom. The predicted molar refractivity (Wildman–Crippen MR) is 153 cm³/mol. The molecule has 1 amide bonds. The molecule has 1 aliphatic rings. The van der Waals surface area contributed by atoms with E-state index in [1.807, 2.05) is 13.8 Å². The van der Waals surface area contributed by atoms with E-state index < -0.39 is 48.7 Å². The predicted octanol–water partition coefficient (Wildman–Crippen LogP) is 1.60. The maximum atomic E-state index is 13.6. The van der Waals surface area contributed by atoms with Gasteiger partial charge in [0, 0.05) is 25.2 Å². The Hall–Kier alpha value is -1.25. The minimum absolute atomic E-state index is 0. The summed E-state index contributed by atoms with van der Waals surface area (Å²) in [6.45, 7) is 3.87. The zero-order chi connectivity index (χ0) is 28.6. The van der Waals surface area contributed by atoms with Crippen LogP contribution < -0.4 is 11.1 Å². The summed E-state index contributed by atoms with van der Waals surface area (Å²) in [6, 6.07) is 13.5. The van der Waals surface area contributed by atoms with Crippen molar-refractivity contribution in [2.45, 2.75) is 49.8 Å². The number of nitrogens with one attached hydrogen (secondary N) is 1. The average molecular weight is 628 g/mol. The fourth-order valence-corrected chi connectivity index (χ4v) is 6.35. The van der Waals surface area contributed by atoms with Crippen molar-refractivity contribution in [3.63, 3.8) is 0 Å². The number of alkyl carbamates (subject to hydrolysis) is 1. The first-order chi connectivity index (χ1) is 18.3. The molecule has 0 unspecified atom stereocenters. The number of amides is 1. The molecule has 1 saturated heterocycles. The molecule has 1 aliphatic heterocycles. The molecule has 2 aromatic carbocycles. The minimum atomic E-state index is -5.12. The number of phosphoric acid groups is 1. The van der Waals surface area contributed by atoms with E-state index in [-0.39, 0.29) is 68.1 Å². The van der Waals surface area contributed by atoms with Gasteiger partial charge >= 0.3 is 51.7 Å². The summed E-state index contributed by atoms with van der Waals surface area (Å²) in [4.78, 5) is 32.3. The van der Waals surface area contributed by atoms with E-state index in [9.17, 15) is 27.6 Å². The third-order valence-corrected chi connectivity index (χ3v) is 8.35. The van der Waals surface area contributed by atoms with Gasteiger partial charge in [-0.1, -0.05) is 44.2 Å². The number of ether oxygens (including phenoxy) is 2. The second-order valence-electron chi connectivity index (χ2n) is 9.75. The fraction of sp³-hybridized carbons (Fsp3) is 0.480.